The summed E-state index contributed by atoms with van der Waals surface area (Å²) in [6.07, 6.45) is 6.93. The van der Waals surface area contributed by atoms with E-state index in [0.29, 0.717) is 19.4 Å². The van der Waals surface area contributed by atoms with Crippen LogP contribution in [0.1, 0.15) is 48.5 Å². The number of nitrogens with zero attached hydrogens (tertiary/aromatic N) is 1. The van der Waals surface area contributed by atoms with E-state index in [-0.39, 0.29) is 22.9 Å². The molecule has 0 saturated carbocycles. The Balaban J connectivity index is 0.000000981. The molecule has 2 aromatic rings. The summed E-state index contributed by atoms with van der Waals surface area (Å²) in [6, 6.07) is 9.27. The average Bonchev–Trinajstić information content (AvgIpc) is 2.80. The first-order valence-electron chi connectivity index (χ1n) is 10.5. The van der Waals surface area contributed by atoms with Crippen LogP contribution in [-0.4, -0.2) is 44.2 Å². The van der Waals surface area contributed by atoms with E-state index in [2.05, 4.69) is 23.0 Å². The molecule has 0 atom stereocenters. The van der Waals surface area contributed by atoms with Gasteiger partial charge in [-0.15, -0.1) is 0 Å². The van der Waals surface area contributed by atoms with Crippen molar-refractivity contribution in [3.05, 3.63) is 59.9 Å². The van der Waals surface area contributed by atoms with Gasteiger partial charge in [0.25, 0.3) is 15.9 Å². The summed E-state index contributed by atoms with van der Waals surface area (Å²) in [5.41, 5.74) is 10.3. The van der Waals surface area contributed by atoms with Crippen LogP contribution < -0.4 is 21.5 Å². The molecule has 0 spiro atoms. The highest BCUT2D eigenvalue weighted by Gasteiger charge is 2.18. The molecule has 0 saturated heterocycles. The van der Waals surface area contributed by atoms with E-state index in [1.807, 2.05) is 4.72 Å². The molecule has 180 valence electrons. The van der Waals surface area contributed by atoms with Gasteiger partial charge in [-0.2, -0.15) is 0 Å². The summed E-state index contributed by atoms with van der Waals surface area (Å²) < 4.78 is 26.7. The number of carbonyl (C=O) groups is 3. The number of primary amides is 1. The molecule has 1 heterocycles. The van der Waals surface area contributed by atoms with Crippen molar-refractivity contribution in [1.82, 2.24) is 15.0 Å². The lowest BCUT2D eigenvalue weighted by Gasteiger charge is -2.08. The number of pyridine rings is 1. The van der Waals surface area contributed by atoms with Gasteiger partial charge in [0, 0.05) is 25.4 Å². The number of amides is 3. The summed E-state index contributed by atoms with van der Waals surface area (Å²) in [6.45, 7) is 2.53. The fourth-order valence-corrected chi connectivity index (χ4v) is 3.52. The van der Waals surface area contributed by atoms with E-state index >= 15 is 0 Å². The van der Waals surface area contributed by atoms with Crippen LogP contribution in [0.25, 0.3) is 0 Å². The molecular formula is C22H31N5O5S. The van der Waals surface area contributed by atoms with E-state index in [1.54, 1.807) is 18.2 Å². The van der Waals surface area contributed by atoms with Gasteiger partial charge in [0.15, 0.2) is 0 Å². The fraction of sp³-hybridized carbons (Fsp3) is 0.364. The molecule has 10 nitrogen and oxygen atoms in total. The predicted octanol–water partition coefficient (Wildman–Crippen LogP) is 0.870. The number of rotatable bonds is 11. The van der Waals surface area contributed by atoms with Crippen LogP contribution in [0.2, 0.25) is 0 Å². The quantitative estimate of drug-likeness (QED) is 0.347. The molecule has 0 aliphatic rings. The molecule has 1 aromatic carbocycles. The smallest absolute Gasteiger partial charge is 0.266 e. The van der Waals surface area contributed by atoms with Gasteiger partial charge in [-0.05, 0) is 42.7 Å². The Morgan fingerprint density at radius 1 is 1.06 bits per heavy atom. The molecule has 1 aromatic heterocycles. The third-order valence-corrected chi connectivity index (χ3v) is 5.68. The van der Waals surface area contributed by atoms with Crippen LogP contribution in [0.15, 0.2) is 53.7 Å². The van der Waals surface area contributed by atoms with Crippen molar-refractivity contribution in [1.29, 1.82) is 0 Å². The summed E-state index contributed by atoms with van der Waals surface area (Å²) in [5, 5.41) is 2.86. The number of hydrogen-bond donors (Lipinski definition) is 4. The van der Waals surface area contributed by atoms with Crippen molar-refractivity contribution in [2.24, 2.45) is 11.5 Å². The SMILES string of the molecule is CCCCCC(=O)NCCc1ccc(S(=O)(=O)NC(=O)c2cccnc2)cc1.NCC(N)=O. The normalized spacial score (nSPS) is 10.5. The van der Waals surface area contributed by atoms with Gasteiger partial charge in [0.05, 0.1) is 17.0 Å². The van der Waals surface area contributed by atoms with Crippen LogP contribution in [0.3, 0.4) is 0 Å². The Kier molecular flexibility index (Phi) is 12.3. The molecule has 3 amide bonds. The van der Waals surface area contributed by atoms with Gasteiger partial charge in [-0.1, -0.05) is 31.9 Å². The zero-order valence-corrected chi connectivity index (χ0v) is 19.4. The Morgan fingerprint density at radius 2 is 1.73 bits per heavy atom. The molecule has 6 N–H and O–H groups in total. The monoisotopic (exact) mass is 477 g/mol. The zero-order valence-electron chi connectivity index (χ0n) is 18.6. The molecule has 0 bridgehead atoms. The highest BCUT2D eigenvalue weighted by atomic mass is 32.2. The molecule has 33 heavy (non-hydrogen) atoms. The summed E-state index contributed by atoms with van der Waals surface area (Å²) in [7, 11) is -3.97. The number of hydrogen-bond acceptors (Lipinski definition) is 7. The Hall–Kier alpha value is -3.31. The van der Waals surface area contributed by atoms with Crippen molar-refractivity contribution in [3.63, 3.8) is 0 Å². The Bertz CT molecular complexity index is 996. The van der Waals surface area contributed by atoms with E-state index in [0.717, 1.165) is 24.8 Å². The number of benzene rings is 1. The summed E-state index contributed by atoms with van der Waals surface area (Å²) >= 11 is 0. The van der Waals surface area contributed by atoms with E-state index in [4.69, 9.17) is 5.73 Å². The summed E-state index contributed by atoms with van der Waals surface area (Å²) in [5.74, 6) is -1.17. The van der Waals surface area contributed by atoms with Crippen LogP contribution in [0, 0.1) is 0 Å². The van der Waals surface area contributed by atoms with Crippen molar-refractivity contribution in [2.75, 3.05) is 13.1 Å². The summed E-state index contributed by atoms with van der Waals surface area (Å²) in [4.78, 5) is 37.0. The van der Waals surface area contributed by atoms with Crippen molar-refractivity contribution in [2.45, 2.75) is 43.9 Å². The second kappa shape index (κ2) is 14.7. The number of nitrogens with two attached hydrogens (primary N) is 2. The van der Waals surface area contributed by atoms with Gasteiger partial charge >= 0.3 is 0 Å². The third-order valence-electron chi connectivity index (χ3n) is 4.33. The molecule has 0 fully saturated rings. The number of unbranched alkanes of at least 4 members (excludes halogenated alkanes) is 2. The first-order chi connectivity index (χ1) is 15.7. The number of sulfonamides is 1. The molecule has 0 radical (unpaired) electrons. The van der Waals surface area contributed by atoms with E-state index < -0.39 is 21.8 Å². The minimum absolute atomic E-state index is 0.00269. The topological polar surface area (TPSA) is 174 Å². The van der Waals surface area contributed by atoms with Gasteiger partial charge < -0.3 is 16.8 Å². The van der Waals surface area contributed by atoms with Gasteiger partial charge in [-0.3, -0.25) is 19.4 Å². The second-order valence-electron chi connectivity index (χ2n) is 7.05. The molecule has 0 unspecified atom stereocenters. The number of nitrogens with one attached hydrogen (secondary N) is 2. The largest absolute Gasteiger partial charge is 0.369 e. The maximum atomic E-state index is 12.3. The molecular weight excluding hydrogens is 446 g/mol. The van der Waals surface area contributed by atoms with Crippen molar-refractivity contribution >= 4 is 27.7 Å². The molecule has 0 aliphatic carbocycles. The number of aromatic nitrogens is 1. The molecule has 0 aliphatic heterocycles. The Morgan fingerprint density at radius 3 is 2.27 bits per heavy atom. The van der Waals surface area contributed by atoms with Crippen LogP contribution >= 0.6 is 0 Å². The fourth-order valence-electron chi connectivity index (χ4n) is 2.54. The highest BCUT2D eigenvalue weighted by molar-refractivity contribution is 7.90. The standard InChI is InChI=1S/C20H25N3O4S.C2H6N2O/c1-2-3-4-7-19(24)22-14-12-16-8-10-18(11-9-16)28(26,27)23-20(25)17-6-5-13-21-15-17;3-1-2(4)5/h5-6,8-11,13,15H,2-4,7,12,14H2,1H3,(H,22,24)(H,23,25);1,3H2,(H2,4,5). The minimum atomic E-state index is -3.97. The van der Waals surface area contributed by atoms with Crippen molar-refractivity contribution in [3.8, 4) is 0 Å². The molecule has 11 heteroatoms. The highest BCUT2D eigenvalue weighted by Crippen LogP contribution is 2.12. The van der Waals surface area contributed by atoms with Crippen LogP contribution in [-0.2, 0) is 26.0 Å². The molecule has 2 rings (SSSR count). The Labute approximate surface area is 194 Å². The third kappa shape index (κ3) is 11.2. The lowest BCUT2D eigenvalue weighted by atomic mass is 10.1. The predicted molar refractivity (Wildman–Crippen MR) is 124 cm³/mol. The van der Waals surface area contributed by atoms with E-state index in [9.17, 15) is 22.8 Å². The van der Waals surface area contributed by atoms with E-state index in [1.165, 1.54) is 30.6 Å². The first kappa shape index (κ1) is 27.7. The van der Waals surface area contributed by atoms with Crippen molar-refractivity contribution < 1.29 is 22.8 Å². The number of carbonyl (C=O) groups excluding carboxylic acids is 3. The average molecular weight is 478 g/mol. The lowest BCUT2D eigenvalue weighted by molar-refractivity contribution is -0.121. The van der Waals surface area contributed by atoms with Gasteiger partial charge in [-0.25, -0.2) is 13.1 Å². The maximum Gasteiger partial charge on any atom is 0.266 e. The lowest BCUT2D eigenvalue weighted by Crippen LogP contribution is -2.30. The van der Waals surface area contributed by atoms with Gasteiger partial charge in [0.2, 0.25) is 11.8 Å². The van der Waals surface area contributed by atoms with Crippen LogP contribution in [0.5, 0.6) is 0 Å². The zero-order chi connectivity index (χ0) is 24.7. The minimum Gasteiger partial charge on any atom is -0.369 e. The maximum absolute atomic E-state index is 12.3. The van der Waals surface area contributed by atoms with Crippen LogP contribution in [0.4, 0.5) is 0 Å². The first-order valence-corrected chi connectivity index (χ1v) is 12.0. The second-order valence-corrected chi connectivity index (χ2v) is 8.73. The van der Waals surface area contributed by atoms with Gasteiger partial charge in [0.1, 0.15) is 0 Å².